The molecule has 0 heterocycles. The lowest BCUT2D eigenvalue weighted by molar-refractivity contribution is -0.133. The summed E-state index contributed by atoms with van der Waals surface area (Å²) in [4.78, 5) is 38.1. The molecule has 1 aliphatic carbocycles. The fourth-order valence-electron chi connectivity index (χ4n) is 4.13. The molecule has 1 saturated carbocycles. The smallest absolute Gasteiger partial charge is 0.405 e. The minimum Gasteiger partial charge on any atom is -0.436 e. The summed E-state index contributed by atoms with van der Waals surface area (Å²) in [5, 5.41) is 12.4. The van der Waals surface area contributed by atoms with Gasteiger partial charge in [0, 0.05) is 20.0 Å². The van der Waals surface area contributed by atoms with Gasteiger partial charge in [0.1, 0.15) is 0 Å². The number of carbonyl (C=O) groups is 3. The summed E-state index contributed by atoms with van der Waals surface area (Å²) < 4.78 is 5.07. The van der Waals surface area contributed by atoms with Crippen LogP contribution in [0.4, 0.5) is 4.79 Å². The Morgan fingerprint density at radius 2 is 1.88 bits per heavy atom. The molecule has 32 heavy (non-hydrogen) atoms. The van der Waals surface area contributed by atoms with Crippen molar-refractivity contribution in [3.63, 3.8) is 0 Å². The highest BCUT2D eigenvalue weighted by molar-refractivity contribution is 5.83. The number of primary amides is 1. The normalized spacial score (nSPS) is 16.1. The third-order valence-corrected chi connectivity index (χ3v) is 6.10. The lowest BCUT2D eigenvalue weighted by Crippen LogP contribution is -2.46. The summed E-state index contributed by atoms with van der Waals surface area (Å²) in [7, 11) is 1.75. The number of aliphatic hydroxyl groups excluding tert-OH is 1. The lowest BCUT2D eigenvalue weighted by Gasteiger charge is -2.27. The van der Waals surface area contributed by atoms with E-state index in [4.69, 9.17) is 10.5 Å². The maximum absolute atomic E-state index is 12.7. The quantitative estimate of drug-likeness (QED) is 0.454. The molecule has 178 valence electrons. The molecule has 4 N–H and O–H groups in total. The molecule has 8 nitrogen and oxygen atoms in total. The van der Waals surface area contributed by atoms with Gasteiger partial charge in [0.2, 0.25) is 5.91 Å². The van der Waals surface area contributed by atoms with Gasteiger partial charge in [-0.15, -0.1) is 0 Å². The number of hydrogen-bond acceptors (Lipinski definition) is 5. The van der Waals surface area contributed by atoms with Crippen LogP contribution >= 0.6 is 0 Å². The van der Waals surface area contributed by atoms with Gasteiger partial charge in [-0.3, -0.25) is 9.59 Å². The predicted octanol–water partition coefficient (Wildman–Crippen LogP) is 2.38. The summed E-state index contributed by atoms with van der Waals surface area (Å²) in [5.41, 5.74) is 6.32. The van der Waals surface area contributed by atoms with Gasteiger partial charge in [0.25, 0.3) is 5.91 Å². The monoisotopic (exact) mass is 447 g/mol. The molecule has 2 unspecified atom stereocenters. The summed E-state index contributed by atoms with van der Waals surface area (Å²) >= 11 is 0. The molecule has 1 fully saturated rings. The second kappa shape index (κ2) is 13.7. The number of aliphatic hydroxyl groups is 1. The van der Waals surface area contributed by atoms with E-state index in [0.29, 0.717) is 25.3 Å². The summed E-state index contributed by atoms with van der Waals surface area (Å²) in [5.74, 6) is -0.217. The Morgan fingerprint density at radius 3 is 2.50 bits per heavy atom. The fourth-order valence-corrected chi connectivity index (χ4v) is 4.13. The van der Waals surface area contributed by atoms with Gasteiger partial charge in [-0.1, -0.05) is 62.4 Å². The SMILES string of the molecule is CN(CCc1ccccc1)C(=O)CCC(CO)NC(=O)C(CC1CCCCC1)OC(N)=O. The van der Waals surface area contributed by atoms with Crippen LogP contribution in [0.15, 0.2) is 30.3 Å². The topological polar surface area (TPSA) is 122 Å². The number of benzene rings is 1. The molecule has 8 heteroatoms. The number of nitrogens with one attached hydrogen (secondary N) is 1. The van der Waals surface area contributed by atoms with Crippen molar-refractivity contribution in [3.8, 4) is 0 Å². The Bertz CT molecular complexity index is 722. The molecule has 2 atom stereocenters. The molecule has 3 amide bonds. The highest BCUT2D eigenvalue weighted by atomic mass is 16.6. The van der Waals surface area contributed by atoms with E-state index in [1.165, 1.54) is 6.42 Å². The number of ether oxygens (including phenoxy) is 1. The number of likely N-dealkylation sites (N-methyl/N-ethyl adjacent to an activating group) is 1. The zero-order valence-electron chi connectivity index (χ0n) is 19.0. The molecule has 2 rings (SSSR count). The van der Waals surface area contributed by atoms with Gasteiger partial charge < -0.3 is 25.8 Å². The van der Waals surface area contributed by atoms with Crippen molar-refractivity contribution in [1.29, 1.82) is 0 Å². The van der Waals surface area contributed by atoms with E-state index in [9.17, 15) is 19.5 Å². The molecule has 0 aromatic heterocycles. The highest BCUT2D eigenvalue weighted by Gasteiger charge is 2.28. The first kappa shape index (κ1) is 25.6. The van der Waals surface area contributed by atoms with Crippen LogP contribution in [0.25, 0.3) is 0 Å². The number of hydrogen-bond donors (Lipinski definition) is 3. The molecule has 1 aromatic rings. The Balaban J connectivity index is 1.80. The maximum atomic E-state index is 12.7. The average Bonchev–Trinajstić information content (AvgIpc) is 2.80. The Hall–Kier alpha value is -2.61. The lowest BCUT2D eigenvalue weighted by atomic mass is 9.85. The number of carbonyl (C=O) groups excluding carboxylic acids is 3. The van der Waals surface area contributed by atoms with E-state index < -0.39 is 24.1 Å². The number of nitrogens with two attached hydrogens (primary N) is 1. The number of rotatable bonds is 12. The van der Waals surface area contributed by atoms with E-state index in [-0.39, 0.29) is 18.9 Å². The second-order valence-corrected chi connectivity index (χ2v) is 8.64. The number of amides is 3. The van der Waals surface area contributed by atoms with Gasteiger partial charge in [0.05, 0.1) is 12.6 Å². The van der Waals surface area contributed by atoms with E-state index in [1.54, 1.807) is 11.9 Å². The number of nitrogens with zero attached hydrogens (tertiary/aromatic N) is 1. The molecule has 0 radical (unpaired) electrons. The second-order valence-electron chi connectivity index (χ2n) is 8.64. The van der Waals surface area contributed by atoms with Crippen LogP contribution in [0, 0.1) is 5.92 Å². The Morgan fingerprint density at radius 1 is 1.19 bits per heavy atom. The standard InChI is InChI=1S/C24H37N3O5/c1-27(15-14-18-8-4-2-5-9-18)22(29)13-12-20(17-28)26-23(30)21(32-24(25)31)16-19-10-6-3-7-11-19/h2,4-5,8-9,19-21,28H,3,6-7,10-17H2,1H3,(H2,25,31)(H,26,30). The molecule has 0 saturated heterocycles. The average molecular weight is 448 g/mol. The first-order valence-corrected chi connectivity index (χ1v) is 11.5. The zero-order chi connectivity index (χ0) is 23.3. The van der Waals surface area contributed by atoms with Crippen molar-refractivity contribution >= 4 is 17.9 Å². The maximum Gasteiger partial charge on any atom is 0.405 e. The van der Waals surface area contributed by atoms with Crippen LogP contribution in [0.3, 0.4) is 0 Å². The molecule has 0 bridgehead atoms. The van der Waals surface area contributed by atoms with Crippen LogP contribution in [0.2, 0.25) is 0 Å². The van der Waals surface area contributed by atoms with Gasteiger partial charge >= 0.3 is 6.09 Å². The van der Waals surface area contributed by atoms with Gasteiger partial charge in [0.15, 0.2) is 6.10 Å². The van der Waals surface area contributed by atoms with Crippen molar-refractivity contribution in [1.82, 2.24) is 10.2 Å². The largest absolute Gasteiger partial charge is 0.436 e. The van der Waals surface area contributed by atoms with Crippen LogP contribution in [-0.4, -0.2) is 60.3 Å². The minimum absolute atomic E-state index is 0.0548. The fraction of sp³-hybridized carbons (Fsp3) is 0.625. The third kappa shape index (κ3) is 9.26. The first-order chi connectivity index (χ1) is 15.4. The third-order valence-electron chi connectivity index (χ3n) is 6.10. The molecule has 1 aliphatic rings. The molecular weight excluding hydrogens is 410 g/mol. The molecule has 1 aromatic carbocycles. The highest BCUT2D eigenvalue weighted by Crippen LogP contribution is 2.28. The van der Waals surface area contributed by atoms with Crippen LogP contribution < -0.4 is 11.1 Å². The van der Waals surface area contributed by atoms with E-state index in [2.05, 4.69) is 5.32 Å². The van der Waals surface area contributed by atoms with E-state index in [1.807, 2.05) is 30.3 Å². The van der Waals surface area contributed by atoms with Crippen molar-refractivity contribution in [3.05, 3.63) is 35.9 Å². The van der Waals surface area contributed by atoms with E-state index in [0.717, 1.165) is 37.7 Å². The van der Waals surface area contributed by atoms with Gasteiger partial charge in [-0.25, -0.2) is 4.79 Å². The van der Waals surface area contributed by atoms with Crippen LogP contribution in [-0.2, 0) is 20.7 Å². The van der Waals surface area contributed by atoms with Crippen molar-refractivity contribution in [2.24, 2.45) is 11.7 Å². The van der Waals surface area contributed by atoms with Crippen molar-refractivity contribution in [2.75, 3.05) is 20.2 Å². The molecule has 0 spiro atoms. The van der Waals surface area contributed by atoms with Gasteiger partial charge in [-0.05, 0) is 30.7 Å². The Labute approximate surface area is 190 Å². The summed E-state index contributed by atoms with van der Waals surface area (Å²) in [6, 6.07) is 9.33. The first-order valence-electron chi connectivity index (χ1n) is 11.5. The van der Waals surface area contributed by atoms with Crippen molar-refractivity contribution in [2.45, 2.75) is 69.9 Å². The predicted molar refractivity (Wildman–Crippen MR) is 122 cm³/mol. The summed E-state index contributed by atoms with van der Waals surface area (Å²) in [6.45, 7) is 0.286. The molecular formula is C24H37N3O5. The van der Waals surface area contributed by atoms with Crippen LogP contribution in [0.5, 0.6) is 0 Å². The van der Waals surface area contributed by atoms with Crippen LogP contribution in [0.1, 0.15) is 56.9 Å². The van der Waals surface area contributed by atoms with E-state index >= 15 is 0 Å². The minimum atomic E-state index is -0.989. The summed E-state index contributed by atoms with van der Waals surface area (Å²) in [6.07, 6.45) is 5.10. The Kier molecular flexibility index (Phi) is 11.0. The van der Waals surface area contributed by atoms with Crippen molar-refractivity contribution < 1.29 is 24.2 Å². The zero-order valence-corrected chi connectivity index (χ0v) is 19.0. The van der Waals surface area contributed by atoms with Gasteiger partial charge in [-0.2, -0.15) is 0 Å². The molecule has 0 aliphatic heterocycles.